The number of hydrogen-bond acceptors (Lipinski definition) is 4. The van der Waals surface area contributed by atoms with Crippen LogP contribution in [0.15, 0.2) is 35.7 Å². The summed E-state index contributed by atoms with van der Waals surface area (Å²) < 4.78 is 1.96. The molecule has 1 saturated heterocycles. The van der Waals surface area contributed by atoms with Crippen LogP contribution in [0.25, 0.3) is 16.9 Å². The summed E-state index contributed by atoms with van der Waals surface area (Å²) in [5, 5.41) is 4.23. The van der Waals surface area contributed by atoms with Crippen molar-refractivity contribution in [3.63, 3.8) is 0 Å². The second-order valence-electron chi connectivity index (χ2n) is 5.90. The van der Waals surface area contributed by atoms with E-state index in [4.69, 9.17) is 0 Å². The number of nitrogens with zero attached hydrogens (tertiary/aromatic N) is 4. The normalized spacial score (nSPS) is 17.9. The summed E-state index contributed by atoms with van der Waals surface area (Å²) in [6.07, 6.45) is 10.6. The number of amides is 1. The lowest BCUT2D eigenvalue weighted by Crippen LogP contribution is -2.35. The smallest absolute Gasteiger partial charge is 0.255 e. The second-order valence-corrected chi connectivity index (χ2v) is 5.90. The lowest BCUT2D eigenvalue weighted by Gasteiger charge is -2.26. The van der Waals surface area contributed by atoms with E-state index < -0.39 is 0 Å². The molecule has 1 amide bonds. The van der Waals surface area contributed by atoms with E-state index in [-0.39, 0.29) is 5.91 Å². The number of carbonyl (C=O) groups is 1. The van der Waals surface area contributed by atoms with Crippen LogP contribution in [0.5, 0.6) is 0 Å². The first-order chi connectivity index (χ1) is 11.3. The van der Waals surface area contributed by atoms with Crippen LogP contribution in [0.4, 0.5) is 0 Å². The molecule has 0 unspecified atom stereocenters. The molecule has 6 nitrogen and oxygen atoms in total. The summed E-state index contributed by atoms with van der Waals surface area (Å²) in [7, 11) is 0. The van der Waals surface area contributed by atoms with E-state index in [1.165, 1.54) is 6.42 Å². The Morgan fingerprint density at radius 2 is 2.09 bits per heavy atom. The summed E-state index contributed by atoms with van der Waals surface area (Å²) in [5.74, 6) is 0.983. The highest BCUT2D eigenvalue weighted by Gasteiger charge is 2.19. The Labute approximate surface area is 134 Å². The fourth-order valence-corrected chi connectivity index (χ4v) is 3.13. The molecule has 0 aromatic carbocycles. The molecule has 4 heterocycles. The maximum atomic E-state index is 12.6. The number of carbonyl (C=O) groups excluding carboxylic acids is 1. The van der Waals surface area contributed by atoms with Gasteiger partial charge in [-0.25, -0.2) is 4.98 Å². The van der Waals surface area contributed by atoms with Crippen molar-refractivity contribution in [2.75, 3.05) is 19.6 Å². The van der Waals surface area contributed by atoms with Gasteiger partial charge in [0.25, 0.3) is 5.91 Å². The van der Waals surface area contributed by atoms with Gasteiger partial charge in [0.05, 0.1) is 18.3 Å². The predicted octanol–water partition coefficient (Wildman–Crippen LogP) is 2.09. The molecule has 0 saturated carbocycles. The van der Waals surface area contributed by atoms with Crippen LogP contribution >= 0.6 is 0 Å². The first-order valence-electron chi connectivity index (χ1n) is 8.05. The molecule has 0 radical (unpaired) electrons. The number of piperidine rings is 1. The molecular weight excluding hydrogens is 290 g/mol. The molecule has 6 heteroatoms. The Morgan fingerprint density at radius 1 is 1.22 bits per heavy atom. The molecule has 2 aromatic heterocycles. The first-order valence-corrected chi connectivity index (χ1v) is 8.05. The van der Waals surface area contributed by atoms with Crippen LogP contribution in [0.3, 0.4) is 0 Å². The van der Waals surface area contributed by atoms with E-state index in [0.717, 1.165) is 42.8 Å². The van der Waals surface area contributed by atoms with E-state index >= 15 is 0 Å². The molecule has 23 heavy (non-hydrogen) atoms. The van der Waals surface area contributed by atoms with Crippen molar-refractivity contribution in [1.29, 1.82) is 0 Å². The minimum Gasteiger partial charge on any atom is -0.365 e. The highest BCUT2D eigenvalue weighted by molar-refractivity contribution is 5.97. The van der Waals surface area contributed by atoms with Crippen LogP contribution in [-0.4, -0.2) is 46.2 Å². The minimum atomic E-state index is 0.0893. The lowest BCUT2D eigenvalue weighted by atomic mass is 10.1. The van der Waals surface area contributed by atoms with E-state index in [9.17, 15) is 4.79 Å². The highest BCUT2D eigenvalue weighted by atomic mass is 16.2. The molecule has 0 atom stereocenters. The molecule has 118 valence electrons. The van der Waals surface area contributed by atoms with Crippen molar-refractivity contribution in [1.82, 2.24) is 19.8 Å². The van der Waals surface area contributed by atoms with Crippen LogP contribution < -0.4 is 5.32 Å². The summed E-state index contributed by atoms with van der Waals surface area (Å²) in [4.78, 5) is 23.2. The topological polar surface area (TPSA) is 62.5 Å². The quantitative estimate of drug-likeness (QED) is 0.924. The number of aromatic nitrogens is 2. The van der Waals surface area contributed by atoms with Gasteiger partial charge in [-0.2, -0.15) is 0 Å². The van der Waals surface area contributed by atoms with E-state index in [0.29, 0.717) is 12.1 Å². The van der Waals surface area contributed by atoms with Gasteiger partial charge in [0.1, 0.15) is 11.5 Å². The number of rotatable bonds is 2. The first kappa shape index (κ1) is 14.0. The maximum absolute atomic E-state index is 12.6. The molecule has 0 aliphatic carbocycles. The van der Waals surface area contributed by atoms with Crippen molar-refractivity contribution in [2.45, 2.75) is 19.3 Å². The molecule has 4 rings (SSSR count). The Morgan fingerprint density at radius 3 is 2.87 bits per heavy atom. The van der Waals surface area contributed by atoms with Crippen LogP contribution in [-0.2, 0) is 0 Å². The molecule has 0 bridgehead atoms. The van der Waals surface area contributed by atoms with Gasteiger partial charge in [-0.15, -0.1) is 0 Å². The summed E-state index contributed by atoms with van der Waals surface area (Å²) in [5.41, 5.74) is 1.50. The lowest BCUT2D eigenvalue weighted by molar-refractivity contribution is 0.0724. The number of pyridine rings is 1. The van der Waals surface area contributed by atoms with Gasteiger partial charge < -0.3 is 10.2 Å². The van der Waals surface area contributed by atoms with Gasteiger partial charge in [-0.1, -0.05) is 0 Å². The summed E-state index contributed by atoms with van der Waals surface area (Å²) in [6.45, 7) is 2.41. The van der Waals surface area contributed by atoms with Crippen molar-refractivity contribution >= 4 is 29.0 Å². The number of nitrogens with one attached hydrogen (secondary N) is 1. The van der Waals surface area contributed by atoms with Gasteiger partial charge in [0.15, 0.2) is 0 Å². The fraction of sp³-hybridized carbons (Fsp3) is 0.353. The Kier molecular flexibility index (Phi) is 3.57. The third-order valence-corrected chi connectivity index (χ3v) is 4.35. The van der Waals surface area contributed by atoms with Crippen molar-refractivity contribution in [3.05, 3.63) is 36.3 Å². The summed E-state index contributed by atoms with van der Waals surface area (Å²) >= 11 is 0. The van der Waals surface area contributed by atoms with Gasteiger partial charge in [0, 0.05) is 37.1 Å². The fourth-order valence-electron chi connectivity index (χ4n) is 3.13. The average Bonchev–Trinajstić information content (AvgIpc) is 3.06. The third kappa shape index (κ3) is 2.60. The summed E-state index contributed by atoms with van der Waals surface area (Å²) in [6, 6.07) is 3.92. The number of likely N-dealkylation sites (tertiary alicyclic amines) is 1. The molecule has 1 fully saturated rings. The molecule has 2 aliphatic heterocycles. The van der Waals surface area contributed by atoms with Crippen molar-refractivity contribution in [2.24, 2.45) is 4.99 Å². The van der Waals surface area contributed by atoms with E-state index in [1.807, 2.05) is 34.0 Å². The van der Waals surface area contributed by atoms with Gasteiger partial charge in [-0.3, -0.25) is 14.4 Å². The average molecular weight is 309 g/mol. The van der Waals surface area contributed by atoms with Crippen LogP contribution in [0.2, 0.25) is 0 Å². The number of fused-ring (bicyclic) bond motifs is 1. The monoisotopic (exact) mass is 309 g/mol. The Hall–Kier alpha value is -2.63. The van der Waals surface area contributed by atoms with Crippen molar-refractivity contribution in [3.8, 4) is 0 Å². The van der Waals surface area contributed by atoms with Crippen molar-refractivity contribution < 1.29 is 4.79 Å². The zero-order valence-electron chi connectivity index (χ0n) is 12.9. The molecule has 0 spiro atoms. The minimum absolute atomic E-state index is 0.0893. The number of aliphatic imine (C=N–C) groups is 1. The van der Waals surface area contributed by atoms with Gasteiger partial charge in [-0.05, 0) is 31.4 Å². The molecular formula is C17H19N5O. The number of hydrogen-bond donors (Lipinski definition) is 1. The predicted molar refractivity (Wildman–Crippen MR) is 90.3 cm³/mol. The Bertz CT molecular complexity index is 798. The van der Waals surface area contributed by atoms with Crippen LogP contribution in [0, 0.1) is 0 Å². The molecule has 2 aromatic rings. The van der Waals surface area contributed by atoms with E-state index in [1.54, 1.807) is 12.4 Å². The largest absolute Gasteiger partial charge is 0.365 e. The van der Waals surface area contributed by atoms with Crippen LogP contribution in [0.1, 0.15) is 29.6 Å². The molecule has 1 N–H and O–H groups in total. The zero-order valence-corrected chi connectivity index (χ0v) is 12.9. The standard InChI is InChI=1S/C17H19N5O/c23-17(21-7-2-1-3-8-21)14-10-13-4-9-22(16(13)20-11-14)15-12-18-5-6-19-15/h4-5,9-12,19H,1-3,6-8H2. The third-order valence-electron chi connectivity index (χ3n) is 4.35. The van der Waals surface area contributed by atoms with E-state index in [2.05, 4.69) is 15.3 Å². The highest BCUT2D eigenvalue weighted by Crippen LogP contribution is 2.20. The Balaban J connectivity index is 1.65. The SMILES string of the molecule is O=C(c1cnc2c(ccn2C2=CN=CCN2)c1)N1CCCCC1. The molecule has 2 aliphatic rings. The van der Waals surface area contributed by atoms with Gasteiger partial charge >= 0.3 is 0 Å². The zero-order chi connectivity index (χ0) is 15.6. The maximum Gasteiger partial charge on any atom is 0.255 e. The van der Waals surface area contributed by atoms with Gasteiger partial charge in [0.2, 0.25) is 0 Å². The second kappa shape index (κ2) is 5.87.